The largest absolute Gasteiger partial charge is 0.417 e. The molecule has 2 rings (SSSR count). The average molecular weight is 397 g/mol. The summed E-state index contributed by atoms with van der Waals surface area (Å²) in [5, 5.41) is 14.1. The van der Waals surface area contributed by atoms with Crippen LogP contribution < -0.4 is 5.43 Å². The Labute approximate surface area is 156 Å². The van der Waals surface area contributed by atoms with Crippen LogP contribution in [0.4, 0.5) is 18.9 Å². The van der Waals surface area contributed by atoms with Crippen LogP contribution in [-0.2, 0) is 16.7 Å². The predicted molar refractivity (Wildman–Crippen MR) is 96.4 cm³/mol. The molecule has 0 radical (unpaired) electrons. The summed E-state index contributed by atoms with van der Waals surface area (Å²) in [4.78, 5) is 21.8. The molecular formula is C17H14F3N3O3S. The van der Waals surface area contributed by atoms with Crippen molar-refractivity contribution in [3.05, 3.63) is 75.3 Å². The van der Waals surface area contributed by atoms with Gasteiger partial charge in [0.05, 0.1) is 22.5 Å². The van der Waals surface area contributed by atoms with Crippen molar-refractivity contribution in [2.45, 2.75) is 11.9 Å². The first-order valence-corrected chi connectivity index (χ1v) is 8.72. The molecule has 6 nitrogen and oxygen atoms in total. The fourth-order valence-electron chi connectivity index (χ4n) is 2.05. The fourth-order valence-corrected chi connectivity index (χ4v) is 2.83. The van der Waals surface area contributed by atoms with Crippen molar-refractivity contribution < 1.29 is 22.9 Å². The first-order valence-electron chi connectivity index (χ1n) is 7.56. The van der Waals surface area contributed by atoms with Crippen LogP contribution in [0.15, 0.2) is 53.6 Å². The summed E-state index contributed by atoms with van der Waals surface area (Å²) in [6.45, 7) is 0. The molecule has 2 aromatic rings. The molecule has 10 heteroatoms. The number of non-ortho nitro benzene ring substituents is 1. The molecule has 0 bridgehead atoms. The first kappa shape index (κ1) is 20.4. The number of thioether (sulfide) groups is 1. The van der Waals surface area contributed by atoms with Crippen molar-refractivity contribution in [2.75, 3.05) is 5.75 Å². The lowest BCUT2D eigenvalue weighted by Crippen LogP contribution is -2.20. The van der Waals surface area contributed by atoms with Gasteiger partial charge >= 0.3 is 6.18 Å². The number of carbonyl (C=O) groups is 1. The number of hydrazone groups is 1. The van der Waals surface area contributed by atoms with Crippen molar-refractivity contribution in [3.63, 3.8) is 0 Å². The van der Waals surface area contributed by atoms with Crippen molar-refractivity contribution in [3.8, 4) is 0 Å². The average Bonchev–Trinajstić information content (AvgIpc) is 2.62. The number of hydrogen-bond donors (Lipinski definition) is 1. The predicted octanol–water partition coefficient (Wildman–Crippen LogP) is 4.00. The SMILES string of the molecule is O=C(CSCc1ccc([N+](=O)[O-])cc1)NN=Cc1ccccc1C(F)(F)F. The van der Waals surface area contributed by atoms with Crippen LogP contribution >= 0.6 is 11.8 Å². The number of nitrogens with zero attached hydrogens (tertiary/aromatic N) is 2. The van der Waals surface area contributed by atoms with Crippen LogP contribution in [0, 0.1) is 10.1 Å². The van der Waals surface area contributed by atoms with Gasteiger partial charge in [-0.1, -0.05) is 30.3 Å². The summed E-state index contributed by atoms with van der Waals surface area (Å²) in [7, 11) is 0. The van der Waals surface area contributed by atoms with Crippen LogP contribution in [0.3, 0.4) is 0 Å². The number of halogens is 3. The molecule has 0 aliphatic carbocycles. The maximum atomic E-state index is 12.8. The Balaban J connectivity index is 1.81. The molecule has 0 aliphatic heterocycles. The smallest absolute Gasteiger partial charge is 0.272 e. The van der Waals surface area contributed by atoms with Crippen LogP contribution in [-0.4, -0.2) is 22.8 Å². The van der Waals surface area contributed by atoms with Crippen LogP contribution in [0.5, 0.6) is 0 Å². The van der Waals surface area contributed by atoms with Gasteiger partial charge in [-0.3, -0.25) is 14.9 Å². The summed E-state index contributed by atoms with van der Waals surface area (Å²) in [6, 6.07) is 10.8. The maximum absolute atomic E-state index is 12.8. The van der Waals surface area contributed by atoms with Gasteiger partial charge in [0.1, 0.15) is 0 Å². The molecule has 1 N–H and O–H groups in total. The summed E-state index contributed by atoms with van der Waals surface area (Å²) < 4.78 is 38.5. The molecule has 142 valence electrons. The second kappa shape index (κ2) is 9.17. The molecule has 0 unspecified atom stereocenters. The van der Waals surface area contributed by atoms with Gasteiger partial charge in [-0.2, -0.15) is 18.3 Å². The minimum atomic E-state index is -4.51. The summed E-state index contributed by atoms with van der Waals surface area (Å²) in [6.07, 6.45) is -3.56. The van der Waals surface area contributed by atoms with E-state index in [1.807, 2.05) is 0 Å². The number of nitro benzene ring substituents is 1. The highest BCUT2D eigenvalue weighted by Crippen LogP contribution is 2.31. The minimum Gasteiger partial charge on any atom is -0.272 e. The summed E-state index contributed by atoms with van der Waals surface area (Å²) in [5.41, 5.74) is 1.97. The molecule has 0 atom stereocenters. The number of amides is 1. The van der Waals surface area contributed by atoms with Gasteiger partial charge in [-0.05, 0) is 11.6 Å². The van der Waals surface area contributed by atoms with E-state index in [-0.39, 0.29) is 17.0 Å². The number of carbonyl (C=O) groups excluding carboxylic acids is 1. The normalized spacial score (nSPS) is 11.5. The van der Waals surface area contributed by atoms with E-state index in [9.17, 15) is 28.1 Å². The van der Waals surface area contributed by atoms with Gasteiger partial charge in [-0.15, -0.1) is 11.8 Å². The monoisotopic (exact) mass is 397 g/mol. The molecule has 1 amide bonds. The molecule has 0 heterocycles. The third-order valence-corrected chi connectivity index (χ3v) is 4.31. The van der Waals surface area contributed by atoms with E-state index in [1.54, 1.807) is 12.1 Å². The molecule has 0 saturated carbocycles. The third-order valence-electron chi connectivity index (χ3n) is 3.31. The van der Waals surface area contributed by atoms with Crippen LogP contribution in [0.2, 0.25) is 0 Å². The van der Waals surface area contributed by atoms with Crippen molar-refractivity contribution in [2.24, 2.45) is 5.10 Å². The van der Waals surface area contributed by atoms with E-state index in [2.05, 4.69) is 10.5 Å². The Bertz CT molecular complexity index is 839. The first-order chi connectivity index (χ1) is 12.8. The maximum Gasteiger partial charge on any atom is 0.417 e. The molecule has 0 spiro atoms. The highest BCUT2D eigenvalue weighted by molar-refractivity contribution is 7.99. The van der Waals surface area contributed by atoms with Gasteiger partial charge in [0.25, 0.3) is 5.69 Å². The highest BCUT2D eigenvalue weighted by atomic mass is 32.2. The summed E-state index contributed by atoms with van der Waals surface area (Å²) in [5.74, 6) is 0.0176. The fraction of sp³-hybridized carbons (Fsp3) is 0.176. The molecule has 27 heavy (non-hydrogen) atoms. The second-order valence-electron chi connectivity index (χ2n) is 5.29. The lowest BCUT2D eigenvalue weighted by atomic mass is 10.1. The quantitative estimate of drug-likeness (QED) is 0.435. The Kier molecular flexibility index (Phi) is 6.94. The molecule has 0 aromatic heterocycles. The van der Waals surface area contributed by atoms with E-state index in [4.69, 9.17) is 0 Å². The third kappa shape index (κ3) is 6.41. The lowest BCUT2D eigenvalue weighted by Gasteiger charge is -2.09. The molecule has 0 fully saturated rings. The number of benzene rings is 2. The van der Waals surface area contributed by atoms with Gasteiger partial charge in [0.2, 0.25) is 5.91 Å². The van der Waals surface area contributed by atoms with E-state index in [1.165, 1.54) is 42.1 Å². The highest BCUT2D eigenvalue weighted by Gasteiger charge is 2.32. The number of rotatable bonds is 7. The number of hydrogen-bond acceptors (Lipinski definition) is 5. The minimum absolute atomic E-state index is 0.0185. The van der Waals surface area contributed by atoms with E-state index in [0.29, 0.717) is 5.75 Å². The van der Waals surface area contributed by atoms with Crippen molar-refractivity contribution in [1.82, 2.24) is 5.43 Å². The molecule has 2 aromatic carbocycles. The Morgan fingerprint density at radius 3 is 2.48 bits per heavy atom. The van der Waals surface area contributed by atoms with E-state index < -0.39 is 22.6 Å². The Morgan fingerprint density at radius 1 is 1.19 bits per heavy atom. The van der Waals surface area contributed by atoms with Gasteiger partial charge in [0.15, 0.2) is 0 Å². The standard InChI is InChI=1S/C17H14F3N3O3S/c18-17(19,20)15-4-2-1-3-13(15)9-21-22-16(24)11-27-10-12-5-7-14(8-6-12)23(25)26/h1-9H,10-11H2,(H,22,24). The van der Waals surface area contributed by atoms with Gasteiger partial charge in [-0.25, -0.2) is 5.43 Å². The van der Waals surface area contributed by atoms with E-state index >= 15 is 0 Å². The van der Waals surface area contributed by atoms with Gasteiger partial charge < -0.3 is 0 Å². The van der Waals surface area contributed by atoms with E-state index in [0.717, 1.165) is 17.8 Å². The van der Waals surface area contributed by atoms with Crippen LogP contribution in [0.25, 0.3) is 0 Å². The van der Waals surface area contributed by atoms with Crippen molar-refractivity contribution in [1.29, 1.82) is 0 Å². The number of nitro groups is 1. The van der Waals surface area contributed by atoms with Gasteiger partial charge in [0, 0.05) is 23.4 Å². The second-order valence-corrected chi connectivity index (χ2v) is 6.28. The van der Waals surface area contributed by atoms with Crippen LogP contribution in [0.1, 0.15) is 16.7 Å². The Hall–Kier alpha value is -2.88. The molecular weight excluding hydrogens is 383 g/mol. The topological polar surface area (TPSA) is 84.6 Å². The Morgan fingerprint density at radius 2 is 1.85 bits per heavy atom. The zero-order valence-electron chi connectivity index (χ0n) is 13.8. The number of alkyl halides is 3. The number of nitrogens with one attached hydrogen (secondary N) is 1. The zero-order chi connectivity index (χ0) is 19.9. The summed E-state index contributed by atoms with van der Waals surface area (Å²) >= 11 is 1.25. The lowest BCUT2D eigenvalue weighted by molar-refractivity contribution is -0.384. The van der Waals surface area contributed by atoms with Crippen molar-refractivity contribution >= 4 is 29.6 Å². The molecule has 0 saturated heterocycles. The molecule has 0 aliphatic rings. The zero-order valence-corrected chi connectivity index (χ0v) is 14.6.